The maximum Gasteiger partial charge on any atom is 0.435 e. The van der Waals surface area contributed by atoms with Crippen LogP contribution in [-0.4, -0.2) is 54.0 Å². The Morgan fingerprint density at radius 1 is 1.17 bits per heavy atom. The van der Waals surface area contributed by atoms with Crippen LogP contribution in [-0.2, 0) is 12.7 Å². The fourth-order valence-electron chi connectivity index (χ4n) is 3.17. The lowest BCUT2D eigenvalue weighted by Crippen LogP contribution is -2.46. The van der Waals surface area contributed by atoms with Crippen LogP contribution in [0, 0.1) is 0 Å². The highest BCUT2D eigenvalue weighted by Crippen LogP contribution is 2.35. The van der Waals surface area contributed by atoms with Crippen LogP contribution in [0.15, 0.2) is 30.5 Å². The number of piperazine rings is 1. The summed E-state index contributed by atoms with van der Waals surface area (Å²) in [5.41, 5.74) is 5.39. The van der Waals surface area contributed by atoms with E-state index >= 15 is 0 Å². The highest BCUT2D eigenvalue weighted by atomic mass is 19.4. The molecule has 2 aromatic rings. The van der Waals surface area contributed by atoms with Crippen LogP contribution in [0.4, 0.5) is 24.7 Å². The minimum Gasteiger partial charge on any atom is -0.384 e. The van der Waals surface area contributed by atoms with Crippen LogP contribution in [0.1, 0.15) is 35.6 Å². The molecule has 10 heteroatoms. The number of aromatic nitrogens is 2. The molecule has 1 saturated heterocycles. The van der Waals surface area contributed by atoms with Crippen LogP contribution in [0.3, 0.4) is 0 Å². The number of anilines is 2. The minimum atomic E-state index is -4.65. The molecule has 164 valence electrons. The van der Waals surface area contributed by atoms with Crippen molar-refractivity contribution in [2.75, 3.05) is 43.9 Å². The van der Waals surface area contributed by atoms with Crippen molar-refractivity contribution >= 4 is 17.4 Å². The van der Waals surface area contributed by atoms with Crippen molar-refractivity contribution in [1.29, 1.82) is 0 Å². The standard InChI is InChI=1S/C18H21F3N6O.C2H6/c1-23-17(28)13-2-3-14(16(25-13)18(19,20)21)27-8-6-26(7-9-27)11-12-4-5-24-15(22)10-12;1-2/h2-5,10H,6-9,11H2,1H3,(H2,22,24)(H,23,28);1-2H3. The fraction of sp³-hybridized carbons (Fsp3) is 0.450. The van der Waals surface area contributed by atoms with Crippen LogP contribution >= 0.6 is 0 Å². The Kier molecular flexibility index (Phi) is 7.99. The number of halogens is 3. The Morgan fingerprint density at radius 2 is 1.83 bits per heavy atom. The van der Waals surface area contributed by atoms with E-state index in [0.29, 0.717) is 38.5 Å². The predicted molar refractivity (Wildman–Crippen MR) is 110 cm³/mol. The van der Waals surface area contributed by atoms with E-state index in [0.717, 1.165) is 5.56 Å². The lowest BCUT2D eigenvalue weighted by molar-refractivity contribution is -0.140. The third kappa shape index (κ3) is 5.82. The van der Waals surface area contributed by atoms with E-state index in [1.807, 2.05) is 19.9 Å². The lowest BCUT2D eigenvalue weighted by Gasteiger charge is -2.37. The molecule has 0 saturated carbocycles. The van der Waals surface area contributed by atoms with E-state index in [1.165, 1.54) is 19.2 Å². The van der Waals surface area contributed by atoms with Crippen molar-refractivity contribution in [3.8, 4) is 0 Å². The zero-order chi connectivity index (χ0) is 22.3. The van der Waals surface area contributed by atoms with Crippen molar-refractivity contribution in [3.05, 3.63) is 47.4 Å². The molecule has 0 aliphatic carbocycles. The molecule has 2 aromatic heterocycles. The third-order valence-electron chi connectivity index (χ3n) is 4.57. The molecule has 3 heterocycles. The Hall–Kier alpha value is -2.88. The minimum absolute atomic E-state index is 0.00652. The zero-order valence-corrected chi connectivity index (χ0v) is 17.3. The number of carbonyl (C=O) groups is 1. The lowest BCUT2D eigenvalue weighted by atomic mass is 10.1. The molecule has 0 unspecified atom stereocenters. The first-order valence-corrected chi connectivity index (χ1v) is 9.76. The second-order valence-corrected chi connectivity index (χ2v) is 6.49. The van der Waals surface area contributed by atoms with Gasteiger partial charge in [0.2, 0.25) is 0 Å². The van der Waals surface area contributed by atoms with Gasteiger partial charge in [-0.05, 0) is 29.8 Å². The van der Waals surface area contributed by atoms with E-state index in [-0.39, 0.29) is 11.4 Å². The second-order valence-electron chi connectivity index (χ2n) is 6.49. The summed E-state index contributed by atoms with van der Waals surface area (Å²) in [7, 11) is 1.35. The van der Waals surface area contributed by atoms with Gasteiger partial charge in [0.05, 0.1) is 5.69 Å². The fourth-order valence-corrected chi connectivity index (χ4v) is 3.17. The van der Waals surface area contributed by atoms with Gasteiger partial charge in [0.1, 0.15) is 11.5 Å². The molecular formula is C20H27F3N6O. The number of amides is 1. The maximum absolute atomic E-state index is 13.5. The molecular weight excluding hydrogens is 397 g/mol. The average molecular weight is 424 g/mol. The summed E-state index contributed by atoms with van der Waals surface area (Å²) in [4.78, 5) is 23.0. The van der Waals surface area contributed by atoms with Gasteiger partial charge >= 0.3 is 6.18 Å². The molecule has 7 nitrogen and oxygen atoms in total. The number of carbonyl (C=O) groups excluding carboxylic acids is 1. The van der Waals surface area contributed by atoms with Gasteiger partial charge in [-0.3, -0.25) is 9.69 Å². The number of pyridine rings is 2. The average Bonchev–Trinajstić information content (AvgIpc) is 2.74. The van der Waals surface area contributed by atoms with Gasteiger partial charge in [-0.15, -0.1) is 0 Å². The number of nitrogens with one attached hydrogen (secondary N) is 1. The van der Waals surface area contributed by atoms with Crippen molar-refractivity contribution in [1.82, 2.24) is 20.2 Å². The zero-order valence-electron chi connectivity index (χ0n) is 17.3. The first-order valence-electron chi connectivity index (χ1n) is 9.76. The smallest absolute Gasteiger partial charge is 0.384 e. The SMILES string of the molecule is CC.CNC(=O)c1ccc(N2CCN(Cc3ccnc(N)c3)CC2)c(C(F)(F)F)n1. The van der Waals surface area contributed by atoms with E-state index in [9.17, 15) is 18.0 Å². The summed E-state index contributed by atoms with van der Waals surface area (Å²) in [6, 6.07) is 6.29. The van der Waals surface area contributed by atoms with E-state index in [2.05, 4.69) is 20.2 Å². The molecule has 1 amide bonds. The highest BCUT2D eigenvalue weighted by molar-refractivity contribution is 5.92. The van der Waals surface area contributed by atoms with Gasteiger partial charge in [-0.2, -0.15) is 13.2 Å². The van der Waals surface area contributed by atoms with Gasteiger partial charge in [-0.25, -0.2) is 9.97 Å². The molecule has 0 aromatic carbocycles. The van der Waals surface area contributed by atoms with Crippen molar-refractivity contribution in [2.45, 2.75) is 26.6 Å². The molecule has 1 aliphatic rings. The highest BCUT2D eigenvalue weighted by Gasteiger charge is 2.38. The Morgan fingerprint density at radius 3 is 2.40 bits per heavy atom. The molecule has 3 N–H and O–H groups in total. The summed E-state index contributed by atoms with van der Waals surface area (Å²) >= 11 is 0. The number of hydrogen-bond donors (Lipinski definition) is 2. The number of nitrogens with zero attached hydrogens (tertiary/aromatic N) is 4. The van der Waals surface area contributed by atoms with Gasteiger partial charge in [0.25, 0.3) is 5.91 Å². The summed E-state index contributed by atoms with van der Waals surface area (Å²) in [5.74, 6) is -0.216. The molecule has 3 rings (SSSR count). The van der Waals surface area contributed by atoms with Crippen molar-refractivity contribution in [2.24, 2.45) is 0 Å². The summed E-state index contributed by atoms with van der Waals surface area (Å²) < 4.78 is 40.5. The first kappa shape index (κ1) is 23.4. The Labute approximate surface area is 174 Å². The van der Waals surface area contributed by atoms with Crippen molar-refractivity contribution < 1.29 is 18.0 Å². The Balaban J connectivity index is 0.00000155. The molecule has 30 heavy (non-hydrogen) atoms. The van der Waals surface area contributed by atoms with Gasteiger partial charge < -0.3 is 16.0 Å². The monoisotopic (exact) mass is 424 g/mol. The van der Waals surface area contributed by atoms with Crippen LogP contribution < -0.4 is 16.0 Å². The number of rotatable bonds is 4. The summed E-state index contributed by atoms with van der Waals surface area (Å²) in [5, 5.41) is 2.29. The molecule has 1 fully saturated rings. The molecule has 0 atom stereocenters. The largest absolute Gasteiger partial charge is 0.435 e. The number of nitrogen functional groups attached to an aromatic ring is 1. The summed E-state index contributed by atoms with van der Waals surface area (Å²) in [6.45, 7) is 6.68. The first-order chi connectivity index (χ1) is 14.3. The molecule has 0 radical (unpaired) electrons. The normalized spacial score (nSPS) is 14.7. The van der Waals surface area contributed by atoms with E-state index < -0.39 is 17.8 Å². The van der Waals surface area contributed by atoms with Gasteiger partial charge in [0, 0.05) is 46.0 Å². The second kappa shape index (κ2) is 10.2. The molecule has 1 aliphatic heterocycles. The van der Waals surface area contributed by atoms with Gasteiger partial charge in [0.15, 0.2) is 5.69 Å². The van der Waals surface area contributed by atoms with Crippen molar-refractivity contribution in [3.63, 3.8) is 0 Å². The number of alkyl halides is 3. The van der Waals surface area contributed by atoms with Gasteiger partial charge in [-0.1, -0.05) is 13.8 Å². The summed E-state index contributed by atoms with van der Waals surface area (Å²) in [6.07, 6.45) is -3.01. The molecule has 0 spiro atoms. The topological polar surface area (TPSA) is 87.4 Å². The molecule has 0 bridgehead atoms. The van der Waals surface area contributed by atoms with E-state index in [1.54, 1.807) is 17.2 Å². The third-order valence-corrected chi connectivity index (χ3v) is 4.57. The van der Waals surface area contributed by atoms with Crippen LogP contribution in [0.2, 0.25) is 0 Å². The Bertz CT molecular complexity index is 851. The number of nitrogens with two attached hydrogens (primary N) is 1. The van der Waals surface area contributed by atoms with Crippen LogP contribution in [0.5, 0.6) is 0 Å². The quantitative estimate of drug-likeness (QED) is 0.785. The maximum atomic E-state index is 13.5. The van der Waals surface area contributed by atoms with Crippen LogP contribution in [0.25, 0.3) is 0 Å². The predicted octanol–water partition coefficient (Wildman–Crippen LogP) is 2.79. The van der Waals surface area contributed by atoms with E-state index in [4.69, 9.17) is 5.73 Å². The number of hydrogen-bond acceptors (Lipinski definition) is 6.